The first-order chi connectivity index (χ1) is 15.0. The van der Waals surface area contributed by atoms with E-state index >= 15 is 0 Å². The highest BCUT2D eigenvalue weighted by Gasteiger charge is 2.17. The topological polar surface area (TPSA) is 89.3 Å². The molecule has 0 fully saturated rings. The van der Waals surface area contributed by atoms with Crippen LogP contribution < -0.4 is 5.32 Å². The van der Waals surface area contributed by atoms with Crippen LogP contribution in [0.25, 0.3) is 22.0 Å². The maximum absolute atomic E-state index is 11.7. The molecule has 0 bridgehead atoms. The second-order valence-corrected chi connectivity index (χ2v) is 7.38. The van der Waals surface area contributed by atoms with Crippen molar-refractivity contribution in [1.82, 2.24) is 14.8 Å². The molecule has 0 aliphatic carbocycles. The highest BCUT2D eigenvalue weighted by molar-refractivity contribution is 6.02. The number of aromatic nitrogens is 3. The van der Waals surface area contributed by atoms with E-state index in [1.165, 1.54) is 11.1 Å². The molecule has 0 aliphatic rings. The van der Waals surface area contributed by atoms with E-state index in [2.05, 4.69) is 40.5 Å². The molecule has 2 aromatic heterocycles. The molecule has 0 saturated carbocycles. The van der Waals surface area contributed by atoms with Crippen molar-refractivity contribution in [3.05, 3.63) is 77.6 Å². The summed E-state index contributed by atoms with van der Waals surface area (Å²) < 4.78 is 6.77. The zero-order valence-electron chi connectivity index (χ0n) is 17.5. The number of anilines is 1. The third-order valence-electron chi connectivity index (χ3n) is 5.11. The van der Waals surface area contributed by atoms with Gasteiger partial charge in [0.1, 0.15) is 5.82 Å². The monoisotopic (exact) mass is 416 g/mol. The highest BCUT2D eigenvalue weighted by atomic mass is 16.5. The number of carboxylic acids is 1. The molecule has 4 rings (SSSR count). The molecule has 0 radical (unpaired) electrons. The van der Waals surface area contributed by atoms with E-state index in [1.807, 2.05) is 36.4 Å². The summed E-state index contributed by atoms with van der Waals surface area (Å²) >= 11 is 0. The van der Waals surface area contributed by atoms with Crippen LogP contribution in [0.4, 0.5) is 5.82 Å². The molecule has 7 nitrogen and oxygen atoms in total. The highest BCUT2D eigenvalue weighted by Crippen LogP contribution is 2.27. The second kappa shape index (κ2) is 8.97. The lowest BCUT2D eigenvalue weighted by atomic mass is 10.0. The molecule has 0 spiro atoms. The number of benzene rings is 2. The number of ether oxygens (including phenoxy) is 1. The number of rotatable bonds is 8. The first-order valence-corrected chi connectivity index (χ1v) is 10.0. The van der Waals surface area contributed by atoms with Crippen LogP contribution in [0.2, 0.25) is 0 Å². The fourth-order valence-electron chi connectivity index (χ4n) is 3.55. The summed E-state index contributed by atoms with van der Waals surface area (Å²) in [5, 5.41) is 17.7. The Labute approximate surface area is 180 Å². The van der Waals surface area contributed by atoms with Crippen LogP contribution in [0, 0.1) is 6.92 Å². The van der Waals surface area contributed by atoms with Crippen LogP contribution in [0.5, 0.6) is 0 Å². The van der Waals surface area contributed by atoms with E-state index in [4.69, 9.17) is 4.74 Å². The number of methoxy groups -OCH3 is 1. The van der Waals surface area contributed by atoms with Gasteiger partial charge in [0.05, 0.1) is 18.7 Å². The van der Waals surface area contributed by atoms with Crippen LogP contribution >= 0.6 is 0 Å². The van der Waals surface area contributed by atoms with Gasteiger partial charge < -0.3 is 15.2 Å². The van der Waals surface area contributed by atoms with Gasteiger partial charge in [0.2, 0.25) is 0 Å². The average molecular weight is 416 g/mol. The number of carboxylic acid groups (broad SMARTS) is 1. The molecule has 0 unspecified atom stereocenters. The van der Waals surface area contributed by atoms with E-state index in [1.54, 1.807) is 18.0 Å². The van der Waals surface area contributed by atoms with Crippen molar-refractivity contribution in [1.29, 1.82) is 0 Å². The molecule has 158 valence electrons. The van der Waals surface area contributed by atoms with Crippen molar-refractivity contribution in [2.45, 2.75) is 20.0 Å². The Bertz CT molecular complexity index is 1220. The summed E-state index contributed by atoms with van der Waals surface area (Å²) in [6.45, 7) is 3.72. The Morgan fingerprint density at radius 1 is 1.13 bits per heavy atom. The van der Waals surface area contributed by atoms with Crippen LogP contribution in [0.1, 0.15) is 21.6 Å². The largest absolute Gasteiger partial charge is 0.476 e. The normalized spacial score (nSPS) is 11.0. The fraction of sp³-hybridized carbons (Fsp3) is 0.208. The van der Waals surface area contributed by atoms with Gasteiger partial charge in [0.25, 0.3) is 0 Å². The van der Waals surface area contributed by atoms with Crippen molar-refractivity contribution >= 4 is 22.7 Å². The lowest BCUT2D eigenvalue weighted by molar-refractivity contribution is 0.0691. The number of carbonyl (C=O) groups is 1. The molecular formula is C24H24N4O3. The Balaban J connectivity index is 1.56. The van der Waals surface area contributed by atoms with E-state index in [9.17, 15) is 9.90 Å². The first-order valence-electron chi connectivity index (χ1n) is 10.0. The molecule has 0 amide bonds. The van der Waals surface area contributed by atoms with Gasteiger partial charge in [-0.25, -0.2) is 9.78 Å². The van der Waals surface area contributed by atoms with Gasteiger partial charge in [-0.3, -0.25) is 4.68 Å². The standard InChI is InChI=1S/C24H24N4O3/c1-16-4-3-5-17(12-16)14-25-22-9-7-19(15-26-22)18-6-8-21-20(13-18)23(24(29)30)27-28(21)10-11-31-2/h3-9,12-13,15H,10-11,14H2,1-2H3,(H,25,26)(H,29,30). The Morgan fingerprint density at radius 3 is 2.68 bits per heavy atom. The minimum atomic E-state index is -1.05. The molecule has 2 aromatic carbocycles. The van der Waals surface area contributed by atoms with E-state index in [0.717, 1.165) is 22.5 Å². The summed E-state index contributed by atoms with van der Waals surface area (Å²) in [6.07, 6.45) is 1.79. The number of pyridine rings is 1. The predicted molar refractivity (Wildman–Crippen MR) is 120 cm³/mol. The maximum atomic E-state index is 11.7. The summed E-state index contributed by atoms with van der Waals surface area (Å²) in [6, 6.07) is 17.9. The number of nitrogens with one attached hydrogen (secondary N) is 1. The summed E-state index contributed by atoms with van der Waals surface area (Å²) in [5.41, 5.74) is 5.02. The van der Waals surface area contributed by atoms with Gasteiger partial charge in [-0.2, -0.15) is 5.10 Å². The predicted octanol–water partition coefficient (Wildman–Crippen LogP) is 4.36. The third kappa shape index (κ3) is 4.57. The summed E-state index contributed by atoms with van der Waals surface area (Å²) in [4.78, 5) is 16.2. The second-order valence-electron chi connectivity index (χ2n) is 7.38. The lowest BCUT2D eigenvalue weighted by Gasteiger charge is -2.08. The van der Waals surface area contributed by atoms with Gasteiger partial charge in [0.15, 0.2) is 5.69 Å². The van der Waals surface area contributed by atoms with E-state index < -0.39 is 5.97 Å². The number of aryl methyl sites for hydroxylation is 1. The van der Waals surface area contributed by atoms with Gasteiger partial charge in [-0.1, -0.05) is 35.9 Å². The van der Waals surface area contributed by atoms with Crippen LogP contribution in [-0.2, 0) is 17.8 Å². The van der Waals surface area contributed by atoms with Gasteiger partial charge in [-0.15, -0.1) is 0 Å². The fourth-order valence-corrected chi connectivity index (χ4v) is 3.55. The zero-order valence-corrected chi connectivity index (χ0v) is 17.5. The van der Waals surface area contributed by atoms with Crippen molar-refractivity contribution < 1.29 is 14.6 Å². The maximum Gasteiger partial charge on any atom is 0.357 e. The lowest BCUT2D eigenvalue weighted by Crippen LogP contribution is -2.07. The molecule has 0 atom stereocenters. The Kier molecular flexibility index (Phi) is 5.95. The first kappa shape index (κ1) is 20.6. The summed E-state index contributed by atoms with van der Waals surface area (Å²) in [5.74, 6) is -0.267. The van der Waals surface area contributed by atoms with Gasteiger partial charge in [0, 0.05) is 30.8 Å². The minimum absolute atomic E-state index is 0.0392. The van der Waals surface area contributed by atoms with Gasteiger partial charge in [-0.05, 0) is 42.3 Å². The quantitative estimate of drug-likeness (QED) is 0.444. The van der Waals surface area contributed by atoms with Crippen molar-refractivity contribution in [3.8, 4) is 11.1 Å². The molecule has 0 saturated heterocycles. The van der Waals surface area contributed by atoms with E-state index in [0.29, 0.717) is 25.1 Å². The number of hydrogen-bond donors (Lipinski definition) is 2. The van der Waals surface area contributed by atoms with Crippen LogP contribution in [-0.4, -0.2) is 39.6 Å². The SMILES string of the molecule is COCCn1nc(C(=O)O)c2cc(-c3ccc(NCc4cccc(C)c4)nc3)ccc21. The third-order valence-corrected chi connectivity index (χ3v) is 5.11. The number of aromatic carboxylic acids is 1. The molecule has 0 aliphatic heterocycles. The van der Waals surface area contributed by atoms with Crippen molar-refractivity contribution in [2.24, 2.45) is 0 Å². The van der Waals surface area contributed by atoms with Gasteiger partial charge >= 0.3 is 5.97 Å². The minimum Gasteiger partial charge on any atom is -0.476 e. The number of hydrogen-bond acceptors (Lipinski definition) is 5. The number of nitrogens with zero attached hydrogens (tertiary/aromatic N) is 3. The van der Waals surface area contributed by atoms with E-state index in [-0.39, 0.29) is 5.69 Å². The number of fused-ring (bicyclic) bond motifs is 1. The van der Waals surface area contributed by atoms with Crippen molar-refractivity contribution in [2.75, 3.05) is 19.0 Å². The van der Waals surface area contributed by atoms with Crippen molar-refractivity contribution in [3.63, 3.8) is 0 Å². The zero-order chi connectivity index (χ0) is 21.8. The molecular weight excluding hydrogens is 392 g/mol. The van der Waals surface area contributed by atoms with Crippen LogP contribution in [0.3, 0.4) is 0 Å². The molecule has 2 heterocycles. The summed E-state index contributed by atoms with van der Waals surface area (Å²) in [7, 11) is 1.61. The Hall–Kier alpha value is -3.71. The van der Waals surface area contributed by atoms with Crippen LogP contribution in [0.15, 0.2) is 60.8 Å². The molecule has 2 N–H and O–H groups in total. The molecule has 4 aromatic rings. The molecule has 31 heavy (non-hydrogen) atoms. The molecule has 7 heteroatoms. The smallest absolute Gasteiger partial charge is 0.357 e. The average Bonchev–Trinajstić information content (AvgIpc) is 3.15. The Morgan fingerprint density at radius 2 is 1.97 bits per heavy atom.